The fraction of sp³-hybridized carbons (Fsp3) is 0.103. The molecule has 0 radical (unpaired) electrons. The highest BCUT2D eigenvalue weighted by Crippen LogP contribution is 2.45. The monoisotopic (exact) mass is 592 g/mol. The maximum Gasteiger partial charge on any atom is 0.344 e. The smallest absolute Gasteiger partial charge is 0.344 e. The second-order valence-corrected chi connectivity index (χ2v) is 9.77. The van der Waals surface area contributed by atoms with Crippen LogP contribution in [-0.2, 0) is 6.42 Å². The molecule has 9 N–H and O–H groups in total. The van der Waals surface area contributed by atoms with Crippen LogP contribution in [0.5, 0.6) is 51.7 Å². The number of rotatable bonds is 1. The normalized spacial score (nSPS) is 16.1. The molecule has 1 aliphatic rings. The third-order valence-corrected chi connectivity index (χ3v) is 7.06. The predicted octanol–water partition coefficient (Wildman–Crippen LogP) is 2.86. The van der Waals surface area contributed by atoms with E-state index in [1.54, 1.807) is 0 Å². The average Bonchev–Trinajstić information content (AvgIpc) is 2.95. The molecule has 7 rings (SSSR count). The molecule has 0 fully saturated rings. The minimum atomic E-state index is -0.941. The summed E-state index contributed by atoms with van der Waals surface area (Å²) < 4.78 is 15.5. The van der Waals surface area contributed by atoms with Crippen LogP contribution in [0.4, 0.5) is 0 Å². The van der Waals surface area contributed by atoms with Crippen molar-refractivity contribution in [2.75, 3.05) is 0 Å². The summed E-state index contributed by atoms with van der Waals surface area (Å²) in [5.74, 6) is -3.34. The lowest BCUT2D eigenvalue weighted by Gasteiger charge is -2.31. The van der Waals surface area contributed by atoms with Crippen molar-refractivity contribution in [3.8, 4) is 51.7 Å². The van der Waals surface area contributed by atoms with Crippen LogP contribution in [0.15, 0.2) is 60.9 Å². The van der Waals surface area contributed by atoms with E-state index in [9.17, 15) is 55.5 Å². The van der Waals surface area contributed by atoms with E-state index in [1.807, 2.05) is 0 Å². The maximum absolute atomic E-state index is 12.0. The van der Waals surface area contributed by atoms with E-state index in [0.29, 0.717) is 11.1 Å². The summed E-state index contributed by atoms with van der Waals surface area (Å²) in [5, 5.41) is 87.0. The first-order valence-electron chi connectivity index (χ1n) is 12.4. The van der Waals surface area contributed by atoms with Gasteiger partial charge >= 0.3 is 11.3 Å². The van der Waals surface area contributed by atoms with Gasteiger partial charge in [0.1, 0.15) is 23.4 Å². The second-order valence-electron chi connectivity index (χ2n) is 9.77. The Kier molecular flexibility index (Phi) is 6.02. The van der Waals surface area contributed by atoms with E-state index in [4.69, 9.17) is 13.6 Å². The van der Waals surface area contributed by atoms with Gasteiger partial charge < -0.3 is 59.5 Å². The van der Waals surface area contributed by atoms with Crippen LogP contribution in [0, 0.1) is 0 Å². The summed E-state index contributed by atoms with van der Waals surface area (Å²) in [6.07, 6.45) is -1.56. The third-order valence-electron chi connectivity index (χ3n) is 7.06. The van der Waals surface area contributed by atoms with Gasteiger partial charge in [-0.2, -0.15) is 0 Å². The lowest BCUT2D eigenvalue weighted by atomic mass is 9.94. The molecule has 220 valence electrons. The van der Waals surface area contributed by atoms with E-state index in [0.717, 1.165) is 12.1 Å². The molecular formula is C29H20O14. The number of benzene rings is 4. The molecule has 3 heterocycles. The SMILES string of the molecule is O=c1oc2c(O)c(O)cc3c(=O)oc4c(O)c(O)cc1c4c23.Oc1cc(O)c2c(c1)O[C@H](c1ccc(O)c(O)c1)[C@@H](O)C2. The van der Waals surface area contributed by atoms with Crippen molar-refractivity contribution >= 4 is 32.7 Å². The van der Waals surface area contributed by atoms with Crippen molar-refractivity contribution in [3.05, 3.63) is 74.4 Å². The van der Waals surface area contributed by atoms with Crippen molar-refractivity contribution in [1.82, 2.24) is 0 Å². The number of fused-ring (bicyclic) bond motifs is 1. The number of aromatic hydroxyl groups is 8. The Morgan fingerprint density at radius 2 is 1.19 bits per heavy atom. The molecule has 14 heteroatoms. The summed E-state index contributed by atoms with van der Waals surface area (Å²) in [5.41, 5.74) is -1.80. The first-order chi connectivity index (χ1) is 20.3. The van der Waals surface area contributed by atoms with Crippen molar-refractivity contribution in [2.45, 2.75) is 18.6 Å². The standard InChI is InChI=1S/C15H14O6.C14H6O8/c16-8-4-11(18)9-6-13(20)15(21-14(9)5-8)7-1-2-10(17)12(19)3-7;15-5-1-3-7-8-4(14(20)22-11(7)9(5)17)2-6(16)10(18)12(8)21-13(3)19/h1-5,13,15-20H,6H2;1-2,15-18H/t13-,15+;/m0./s1. The zero-order valence-corrected chi connectivity index (χ0v) is 21.5. The maximum atomic E-state index is 12.0. The van der Waals surface area contributed by atoms with Crippen molar-refractivity contribution in [1.29, 1.82) is 0 Å². The number of phenolic OH excluding ortho intramolecular Hbond substituents is 8. The van der Waals surface area contributed by atoms with Gasteiger partial charge in [0.05, 0.1) is 16.9 Å². The number of hydrogen-bond acceptors (Lipinski definition) is 14. The highest BCUT2D eigenvalue weighted by atomic mass is 16.5. The Morgan fingerprint density at radius 1 is 0.628 bits per heavy atom. The van der Waals surface area contributed by atoms with Gasteiger partial charge in [0.25, 0.3) is 0 Å². The van der Waals surface area contributed by atoms with Gasteiger partial charge in [0, 0.05) is 34.9 Å². The Bertz CT molecular complexity index is 2100. The lowest BCUT2D eigenvalue weighted by Crippen LogP contribution is -2.30. The fourth-order valence-electron chi connectivity index (χ4n) is 5.05. The number of ether oxygens (including phenoxy) is 1. The zero-order chi connectivity index (χ0) is 30.9. The Balaban J connectivity index is 0.000000153. The fourth-order valence-corrected chi connectivity index (χ4v) is 5.05. The molecule has 0 saturated heterocycles. The molecule has 0 bridgehead atoms. The molecule has 43 heavy (non-hydrogen) atoms. The molecule has 0 spiro atoms. The summed E-state index contributed by atoms with van der Waals surface area (Å²) in [6.45, 7) is 0. The quantitative estimate of drug-likeness (QED) is 0.0756. The molecule has 1 aliphatic heterocycles. The average molecular weight is 592 g/mol. The Labute approximate surface area is 237 Å². The summed E-state index contributed by atoms with van der Waals surface area (Å²) >= 11 is 0. The van der Waals surface area contributed by atoms with Gasteiger partial charge in [0.2, 0.25) is 11.5 Å². The van der Waals surface area contributed by atoms with E-state index >= 15 is 0 Å². The Morgan fingerprint density at radius 3 is 1.72 bits per heavy atom. The van der Waals surface area contributed by atoms with Gasteiger partial charge in [-0.1, -0.05) is 6.07 Å². The van der Waals surface area contributed by atoms with Gasteiger partial charge in [-0.15, -0.1) is 0 Å². The molecule has 6 aromatic rings. The molecule has 2 atom stereocenters. The number of phenols is 8. The Hall–Kier alpha value is -6.02. The third kappa shape index (κ3) is 4.24. The largest absolute Gasteiger partial charge is 0.508 e. The topological polar surface area (TPSA) is 252 Å². The van der Waals surface area contributed by atoms with Crippen LogP contribution in [-0.4, -0.2) is 52.1 Å². The molecule has 0 unspecified atom stereocenters. The van der Waals surface area contributed by atoms with Gasteiger partial charge in [0.15, 0.2) is 34.2 Å². The molecule has 0 amide bonds. The van der Waals surface area contributed by atoms with Crippen molar-refractivity contribution in [3.63, 3.8) is 0 Å². The van der Waals surface area contributed by atoms with E-state index in [-0.39, 0.29) is 56.7 Å². The molecule has 14 nitrogen and oxygen atoms in total. The number of hydrogen-bond donors (Lipinski definition) is 9. The van der Waals surface area contributed by atoms with Gasteiger partial charge in [-0.05, 0) is 29.8 Å². The van der Waals surface area contributed by atoms with E-state index in [1.165, 1.54) is 30.3 Å². The van der Waals surface area contributed by atoms with E-state index < -0.39 is 57.6 Å². The highest BCUT2D eigenvalue weighted by molar-refractivity contribution is 6.22. The summed E-state index contributed by atoms with van der Waals surface area (Å²) in [7, 11) is 0. The van der Waals surface area contributed by atoms with Crippen molar-refractivity contribution in [2.24, 2.45) is 0 Å². The van der Waals surface area contributed by atoms with Gasteiger partial charge in [-0.3, -0.25) is 0 Å². The first kappa shape index (κ1) is 27.2. The summed E-state index contributed by atoms with van der Waals surface area (Å²) in [6, 6.07) is 8.60. The van der Waals surface area contributed by atoms with Crippen LogP contribution < -0.4 is 16.0 Å². The number of aliphatic hydroxyl groups is 1. The molecular weight excluding hydrogens is 572 g/mol. The van der Waals surface area contributed by atoms with Crippen LogP contribution in [0.2, 0.25) is 0 Å². The zero-order valence-electron chi connectivity index (χ0n) is 21.5. The predicted molar refractivity (Wildman–Crippen MR) is 147 cm³/mol. The molecule has 0 saturated carbocycles. The minimum absolute atomic E-state index is 0.00597. The van der Waals surface area contributed by atoms with Crippen LogP contribution >= 0.6 is 0 Å². The summed E-state index contributed by atoms with van der Waals surface area (Å²) in [4.78, 5) is 24.0. The molecule has 0 aliphatic carbocycles. The molecule has 4 aromatic carbocycles. The van der Waals surface area contributed by atoms with Gasteiger partial charge in [-0.25, -0.2) is 9.59 Å². The minimum Gasteiger partial charge on any atom is -0.508 e. The van der Waals surface area contributed by atoms with Crippen LogP contribution in [0.3, 0.4) is 0 Å². The van der Waals surface area contributed by atoms with Crippen molar-refractivity contribution < 1.29 is 59.5 Å². The van der Waals surface area contributed by atoms with E-state index in [2.05, 4.69) is 0 Å². The van der Waals surface area contributed by atoms with Crippen LogP contribution in [0.1, 0.15) is 17.2 Å². The number of aliphatic hydroxyl groups excluding tert-OH is 1. The second kappa shape index (κ2) is 9.53. The molecule has 2 aromatic heterocycles. The lowest BCUT2D eigenvalue weighted by molar-refractivity contribution is 0.0197. The van der Waals surface area contributed by atoms with Crippen LogP contribution in [0.25, 0.3) is 32.7 Å². The first-order valence-corrected chi connectivity index (χ1v) is 12.4. The highest BCUT2D eigenvalue weighted by Gasteiger charge is 2.32.